The minimum atomic E-state index is 0.610. The molecule has 0 bridgehead atoms. The highest BCUT2D eigenvalue weighted by atomic mass is 15.2. The molecule has 4 rings (SSSR count). The summed E-state index contributed by atoms with van der Waals surface area (Å²) >= 11 is 0. The first kappa shape index (κ1) is 14.9. The number of nitrogens with zero attached hydrogens (tertiary/aromatic N) is 4. The molecule has 23 heavy (non-hydrogen) atoms. The van der Waals surface area contributed by atoms with Crippen molar-refractivity contribution in [2.24, 2.45) is 0 Å². The van der Waals surface area contributed by atoms with Crippen LogP contribution in [0.25, 0.3) is 5.82 Å². The molecular weight excluding hydrogens is 284 g/mol. The Morgan fingerprint density at radius 2 is 1.78 bits per heavy atom. The van der Waals surface area contributed by atoms with Crippen LogP contribution in [0.15, 0.2) is 36.9 Å². The summed E-state index contributed by atoms with van der Waals surface area (Å²) in [5, 5.41) is 0. The van der Waals surface area contributed by atoms with E-state index in [0.29, 0.717) is 5.92 Å². The molecule has 1 aliphatic heterocycles. The average molecular weight is 310 g/mol. The molecule has 0 amide bonds. The van der Waals surface area contributed by atoms with Gasteiger partial charge in [-0.2, -0.15) is 0 Å². The lowest BCUT2D eigenvalue weighted by Gasteiger charge is -2.39. The second-order valence-corrected chi connectivity index (χ2v) is 6.99. The SMILES string of the molecule is c1cc(C2CCN(C3CCCCC3)CC2)nc(-n2ccnc2)c1. The maximum absolute atomic E-state index is 4.88. The Kier molecular flexibility index (Phi) is 4.42. The van der Waals surface area contributed by atoms with Gasteiger partial charge in [0.1, 0.15) is 12.1 Å². The smallest absolute Gasteiger partial charge is 0.138 e. The molecule has 1 saturated carbocycles. The van der Waals surface area contributed by atoms with Crippen molar-refractivity contribution in [2.45, 2.75) is 56.9 Å². The summed E-state index contributed by atoms with van der Waals surface area (Å²) in [6, 6.07) is 7.24. The van der Waals surface area contributed by atoms with Crippen LogP contribution in [-0.2, 0) is 0 Å². The fourth-order valence-electron chi connectivity index (χ4n) is 4.21. The maximum Gasteiger partial charge on any atom is 0.138 e. The molecule has 2 aromatic rings. The summed E-state index contributed by atoms with van der Waals surface area (Å²) in [4.78, 5) is 11.7. The topological polar surface area (TPSA) is 34.0 Å². The third-order valence-corrected chi connectivity index (χ3v) is 5.56. The number of rotatable bonds is 3. The van der Waals surface area contributed by atoms with Crippen molar-refractivity contribution < 1.29 is 0 Å². The van der Waals surface area contributed by atoms with Gasteiger partial charge in [0.15, 0.2) is 0 Å². The van der Waals surface area contributed by atoms with Gasteiger partial charge in [0.05, 0.1) is 0 Å². The normalized spacial score (nSPS) is 21.6. The predicted molar refractivity (Wildman–Crippen MR) is 91.8 cm³/mol. The van der Waals surface area contributed by atoms with Crippen LogP contribution in [0.2, 0.25) is 0 Å². The van der Waals surface area contributed by atoms with E-state index in [1.807, 2.05) is 17.1 Å². The number of hydrogen-bond acceptors (Lipinski definition) is 3. The van der Waals surface area contributed by atoms with Gasteiger partial charge in [-0.1, -0.05) is 25.3 Å². The fraction of sp³-hybridized carbons (Fsp3) is 0.579. The zero-order valence-corrected chi connectivity index (χ0v) is 13.8. The van der Waals surface area contributed by atoms with Gasteiger partial charge in [0.25, 0.3) is 0 Å². The van der Waals surface area contributed by atoms with Gasteiger partial charge in [0, 0.05) is 30.0 Å². The Morgan fingerprint density at radius 3 is 2.52 bits per heavy atom. The molecule has 1 saturated heterocycles. The molecule has 0 unspecified atom stereocenters. The summed E-state index contributed by atoms with van der Waals surface area (Å²) in [7, 11) is 0. The van der Waals surface area contributed by atoms with E-state index < -0.39 is 0 Å². The summed E-state index contributed by atoms with van der Waals surface area (Å²) in [5.74, 6) is 1.59. The average Bonchev–Trinajstić information content (AvgIpc) is 3.18. The number of aromatic nitrogens is 3. The van der Waals surface area contributed by atoms with Crippen molar-refractivity contribution in [3.8, 4) is 5.82 Å². The first-order valence-electron chi connectivity index (χ1n) is 9.09. The fourth-order valence-corrected chi connectivity index (χ4v) is 4.21. The highest BCUT2D eigenvalue weighted by molar-refractivity contribution is 5.26. The standard InChI is InChI=1S/C19H26N4/c1-2-5-17(6-3-1)22-12-9-16(10-13-22)18-7-4-8-19(21-18)23-14-11-20-15-23/h4,7-8,11,14-17H,1-3,5-6,9-10,12-13H2. The molecule has 4 heteroatoms. The van der Waals surface area contributed by atoms with Crippen LogP contribution < -0.4 is 0 Å². The molecule has 4 nitrogen and oxygen atoms in total. The minimum absolute atomic E-state index is 0.610. The first-order chi connectivity index (χ1) is 11.4. The third-order valence-electron chi connectivity index (χ3n) is 5.56. The van der Waals surface area contributed by atoms with E-state index in [0.717, 1.165) is 11.9 Å². The van der Waals surface area contributed by atoms with Crippen molar-refractivity contribution in [2.75, 3.05) is 13.1 Å². The summed E-state index contributed by atoms with van der Waals surface area (Å²) < 4.78 is 1.99. The molecule has 0 spiro atoms. The van der Waals surface area contributed by atoms with Gasteiger partial charge >= 0.3 is 0 Å². The molecule has 0 atom stereocenters. The van der Waals surface area contributed by atoms with E-state index in [4.69, 9.17) is 4.98 Å². The Balaban J connectivity index is 1.41. The lowest BCUT2D eigenvalue weighted by atomic mass is 9.88. The number of imidazole rings is 1. The minimum Gasteiger partial charge on any atom is -0.300 e. The summed E-state index contributed by atoms with van der Waals surface area (Å²) in [5.41, 5.74) is 1.25. The van der Waals surface area contributed by atoms with E-state index in [2.05, 4.69) is 28.1 Å². The summed E-state index contributed by atoms with van der Waals surface area (Å²) in [6.07, 6.45) is 15.2. The van der Waals surface area contributed by atoms with Gasteiger partial charge in [0.2, 0.25) is 0 Å². The van der Waals surface area contributed by atoms with Crippen LogP contribution >= 0.6 is 0 Å². The van der Waals surface area contributed by atoms with Crippen LogP contribution in [-0.4, -0.2) is 38.6 Å². The number of piperidine rings is 1. The summed E-state index contributed by atoms with van der Waals surface area (Å²) in [6.45, 7) is 2.48. The largest absolute Gasteiger partial charge is 0.300 e. The number of pyridine rings is 1. The molecule has 1 aliphatic carbocycles. The number of likely N-dealkylation sites (tertiary alicyclic amines) is 1. The van der Waals surface area contributed by atoms with Crippen LogP contribution in [0.1, 0.15) is 56.6 Å². The van der Waals surface area contributed by atoms with Gasteiger partial charge in [-0.05, 0) is 50.9 Å². The van der Waals surface area contributed by atoms with E-state index in [-0.39, 0.29) is 0 Å². The Morgan fingerprint density at radius 1 is 0.957 bits per heavy atom. The maximum atomic E-state index is 4.88. The Hall–Kier alpha value is -1.68. The molecule has 0 N–H and O–H groups in total. The van der Waals surface area contributed by atoms with Gasteiger partial charge in [-0.25, -0.2) is 9.97 Å². The third kappa shape index (κ3) is 3.32. The van der Waals surface area contributed by atoms with Crippen LogP contribution in [0.3, 0.4) is 0 Å². The molecule has 3 heterocycles. The van der Waals surface area contributed by atoms with Crippen LogP contribution in [0.4, 0.5) is 0 Å². The molecule has 0 radical (unpaired) electrons. The second kappa shape index (κ2) is 6.83. The Labute approximate surface area is 138 Å². The van der Waals surface area contributed by atoms with Crippen LogP contribution in [0, 0.1) is 0 Å². The molecule has 0 aromatic carbocycles. The molecule has 2 aromatic heterocycles. The Bertz CT molecular complexity index is 608. The predicted octanol–water partition coefficient (Wildman–Crippen LogP) is 3.78. The zero-order chi connectivity index (χ0) is 15.5. The van der Waals surface area contributed by atoms with E-state index in [1.54, 1.807) is 6.20 Å². The van der Waals surface area contributed by atoms with E-state index >= 15 is 0 Å². The second-order valence-electron chi connectivity index (χ2n) is 6.99. The van der Waals surface area contributed by atoms with Crippen molar-refractivity contribution in [3.63, 3.8) is 0 Å². The highest BCUT2D eigenvalue weighted by Gasteiger charge is 2.27. The van der Waals surface area contributed by atoms with E-state index in [1.165, 1.54) is 63.7 Å². The monoisotopic (exact) mass is 310 g/mol. The highest BCUT2D eigenvalue weighted by Crippen LogP contribution is 2.31. The quantitative estimate of drug-likeness (QED) is 0.865. The van der Waals surface area contributed by atoms with Gasteiger partial charge in [-0.3, -0.25) is 4.57 Å². The lowest BCUT2D eigenvalue weighted by molar-refractivity contribution is 0.121. The first-order valence-corrected chi connectivity index (χ1v) is 9.09. The van der Waals surface area contributed by atoms with Crippen molar-refractivity contribution >= 4 is 0 Å². The molecule has 2 aliphatic rings. The van der Waals surface area contributed by atoms with Crippen molar-refractivity contribution in [1.82, 2.24) is 19.4 Å². The molecular formula is C19H26N4. The van der Waals surface area contributed by atoms with Gasteiger partial charge in [-0.15, -0.1) is 0 Å². The van der Waals surface area contributed by atoms with Crippen molar-refractivity contribution in [3.05, 3.63) is 42.6 Å². The number of hydrogen-bond donors (Lipinski definition) is 0. The van der Waals surface area contributed by atoms with Gasteiger partial charge < -0.3 is 4.90 Å². The lowest BCUT2D eigenvalue weighted by Crippen LogP contribution is -2.42. The zero-order valence-electron chi connectivity index (χ0n) is 13.8. The van der Waals surface area contributed by atoms with Crippen LogP contribution in [0.5, 0.6) is 0 Å². The van der Waals surface area contributed by atoms with E-state index in [9.17, 15) is 0 Å². The molecule has 122 valence electrons. The van der Waals surface area contributed by atoms with Crippen molar-refractivity contribution in [1.29, 1.82) is 0 Å². The molecule has 2 fully saturated rings.